The number of H-pyrrole nitrogens is 1. The van der Waals surface area contributed by atoms with Gasteiger partial charge in [-0.3, -0.25) is 9.89 Å². The van der Waals surface area contributed by atoms with Crippen LogP contribution in [0.25, 0.3) is 0 Å². The first-order valence-corrected chi connectivity index (χ1v) is 5.24. The van der Waals surface area contributed by atoms with Gasteiger partial charge in [0.2, 0.25) is 5.91 Å². The standard InChI is InChI=1S/C10H16N4O2/c1-14(4-7-2-12-13-3-7)10(15)8-5-16-6-9(8)11/h2-3,8-9H,4-6,11H2,1H3,(H,12,13). The molecule has 2 rings (SSSR count). The molecular formula is C10H16N4O2. The Balaban J connectivity index is 1.94. The maximum absolute atomic E-state index is 12.0. The van der Waals surface area contributed by atoms with Crippen molar-refractivity contribution in [3.8, 4) is 0 Å². The minimum atomic E-state index is -0.211. The number of aromatic amines is 1. The summed E-state index contributed by atoms with van der Waals surface area (Å²) >= 11 is 0. The zero-order valence-corrected chi connectivity index (χ0v) is 9.22. The molecule has 2 heterocycles. The molecule has 0 aromatic carbocycles. The summed E-state index contributed by atoms with van der Waals surface area (Å²) in [7, 11) is 1.76. The Morgan fingerprint density at radius 1 is 1.75 bits per heavy atom. The van der Waals surface area contributed by atoms with E-state index >= 15 is 0 Å². The van der Waals surface area contributed by atoms with Crippen LogP contribution >= 0.6 is 0 Å². The van der Waals surface area contributed by atoms with Crippen LogP contribution in [0.15, 0.2) is 12.4 Å². The van der Waals surface area contributed by atoms with Gasteiger partial charge in [0, 0.05) is 31.4 Å². The van der Waals surface area contributed by atoms with Gasteiger partial charge < -0.3 is 15.4 Å². The number of carbonyl (C=O) groups is 1. The lowest BCUT2D eigenvalue weighted by Crippen LogP contribution is -2.41. The molecule has 2 unspecified atom stereocenters. The SMILES string of the molecule is CN(Cc1cn[nH]c1)C(=O)C1COCC1N. The second-order valence-electron chi connectivity index (χ2n) is 4.11. The minimum Gasteiger partial charge on any atom is -0.379 e. The van der Waals surface area contributed by atoms with E-state index in [0.29, 0.717) is 19.8 Å². The molecule has 0 spiro atoms. The molecule has 3 N–H and O–H groups in total. The number of aromatic nitrogens is 2. The van der Waals surface area contributed by atoms with Crippen LogP contribution in [0.1, 0.15) is 5.56 Å². The largest absolute Gasteiger partial charge is 0.379 e. The van der Waals surface area contributed by atoms with E-state index in [9.17, 15) is 4.79 Å². The summed E-state index contributed by atoms with van der Waals surface area (Å²) < 4.78 is 5.18. The Morgan fingerprint density at radius 3 is 3.12 bits per heavy atom. The molecule has 0 radical (unpaired) electrons. The quantitative estimate of drug-likeness (QED) is 0.714. The number of nitrogens with one attached hydrogen (secondary N) is 1. The Labute approximate surface area is 93.8 Å². The van der Waals surface area contributed by atoms with E-state index < -0.39 is 0 Å². The summed E-state index contributed by atoms with van der Waals surface area (Å²) in [6.07, 6.45) is 3.48. The highest BCUT2D eigenvalue weighted by molar-refractivity contribution is 5.79. The summed E-state index contributed by atoms with van der Waals surface area (Å²) in [4.78, 5) is 13.7. The van der Waals surface area contributed by atoms with Gasteiger partial charge in [-0.05, 0) is 0 Å². The van der Waals surface area contributed by atoms with Gasteiger partial charge in [0.1, 0.15) is 0 Å². The third kappa shape index (κ3) is 2.23. The predicted molar refractivity (Wildman–Crippen MR) is 57.3 cm³/mol. The van der Waals surface area contributed by atoms with Crippen molar-refractivity contribution in [1.82, 2.24) is 15.1 Å². The first-order chi connectivity index (χ1) is 7.68. The highest BCUT2D eigenvalue weighted by Crippen LogP contribution is 2.15. The highest BCUT2D eigenvalue weighted by atomic mass is 16.5. The third-order valence-corrected chi connectivity index (χ3v) is 2.79. The summed E-state index contributed by atoms with van der Waals surface area (Å²) in [5.41, 5.74) is 6.78. The van der Waals surface area contributed by atoms with Gasteiger partial charge in [0.05, 0.1) is 25.3 Å². The Hall–Kier alpha value is -1.40. The van der Waals surface area contributed by atoms with Crippen molar-refractivity contribution in [3.63, 3.8) is 0 Å². The number of ether oxygens (including phenoxy) is 1. The molecule has 0 bridgehead atoms. The second-order valence-corrected chi connectivity index (χ2v) is 4.11. The first kappa shape index (κ1) is 11.1. The number of rotatable bonds is 3. The minimum absolute atomic E-state index is 0.0335. The Kier molecular flexibility index (Phi) is 3.21. The monoisotopic (exact) mass is 224 g/mol. The summed E-state index contributed by atoms with van der Waals surface area (Å²) in [6, 6.07) is -0.181. The van der Waals surface area contributed by atoms with Gasteiger partial charge >= 0.3 is 0 Å². The first-order valence-electron chi connectivity index (χ1n) is 5.24. The number of amides is 1. The number of carbonyl (C=O) groups excluding carboxylic acids is 1. The summed E-state index contributed by atoms with van der Waals surface area (Å²) in [5, 5.41) is 6.55. The molecule has 2 atom stereocenters. The van der Waals surface area contributed by atoms with Crippen LogP contribution in [-0.4, -0.2) is 47.3 Å². The molecule has 16 heavy (non-hydrogen) atoms. The molecular weight excluding hydrogens is 208 g/mol. The van der Waals surface area contributed by atoms with Crippen LogP contribution in [-0.2, 0) is 16.1 Å². The lowest BCUT2D eigenvalue weighted by molar-refractivity contribution is -0.135. The van der Waals surface area contributed by atoms with Gasteiger partial charge in [-0.2, -0.15) is 5.10 Å². The van der Waals surface area contributed by atoms with Crippen LogP contribution in [0.5, 0.6) is 0 Å². The zero-order valence-electron chi connectivity index (χ0n) is 9.22. The second kappa shape index (κ2) is 4.63. The van der Waals surface area contributed by atoms with Crippen molar-refractivity contribution in [2.75, 3.05) is 20.3 Å². The zero-order chi connectivity index (χ0) is 11.5. The van der Waals surface area contributed by atoms with Gasteiger partial charge in [-0.15, -0.1) is 0 Å². The van der Waals surface area contributed by atoms with E-state index in [1.807, 2.05) is 0 Å². The van der Waals surface area contributed by atoms with Crippen molar-refractivity contribution in [2.45, 2.75) is 12.6 Å². The average molecular weight is 224 g/mol. The van der Waals surface area contributed by atoms with Crippen molar-refractivity contribution in [1.29, 1.82) is 0 Å². The molecule has 1 aliphatic rings. The Morgan fingerprint density at radius 2 is 2.56 bits per heavy atom. The van der Waals surface area contributed by atoms with Gasteiger partial charge in [0.15, 0.2) is 0 Å². The topological polar surface area (TPSA) is 84.2 Å². The smallest absolute Gasteiger partial charge is 0.229 e. The molecule has 1 fully saturated rings. The molecule has 0 aliphatic carbocycles. The summed E-state index contributed by atoms with van der Waals surface area (Å²) in [6.45, 7) is 1.43. The lowest BCUT2D eigenvalue weighted by atomic mass is 10.0. The molecule has 1 amide bonds. The lowest BCUT2D eigenvalue weighted by Gasteiger charge is -2.21. The van der Waals surface area contributed by atoms with Gasteiger partial charge in [0.25, 0.3) is 0 Å². The average Bonchev–Trinajstić information content (AvgIpc) is 2.88. The van der Waals surface area contributed by atoms with E-state index in [1.54, 1.807) is 24.3 Å². The van der Waals surface area contributed by atoms with Gasteiger partial charge in [-0.1, -0.05) is 0 Å². The van der Waals surface area contributed by atoms with Crippen molar-refractivity contribution in [2.24, 2.45) is 11.7 Å². The van der Waals surface area contributed by atoms with Crippen LogP contribution in [0.2, 0.25) is 0 Å². The molecule has 1 aromatic heterocycles. The van der Waals surface area contributed by atoms with E-state index in [1.165, 1.54) is 0 Å². The molecule has 6 nitrogen and oxygen atoms in total. The van der Waals surface area contributed by atoms with E-state index in [2.05, 4.69) is 10.2 Å². The number of nitrogens with two attached hydrogens (primary N) is 1. The Bertz CT molecular complexity index is 352. The maximum atomic E-state index is 12.0. The van der Waals surface area contributed by atoms with E-state index in [4.69, 9.17) is 10.5 Å². The molecule has 1 saturated heterocycles. The van der Waals surface area contributed by atoms with Crippen LogP contribution < -0.4 is 5.73 Å². The molecule has 88 valence electrons. The summed E-state index contributed by atoms with van der Waals surface area (Å²) in [5.74, 6) is -0.178. The van der Waals surface area contributed by atoms with E-state index in [-0.39, 0.29) is 17.9 Å². The fourth-order valence-corrected chi connectivity index (χ4v) is 1.82. The fraction of sp³-hybridized carbons (Fsp3) is 0.600. The van der Waals surface area contributed by atoms with Crippen LogP contribution in [0.4, 0.5) is 0 Å². The van der Waals surface area contributed by atoms with Crippen LogP contribution in [0, 0.1) is 5.92 Å². The molecule has 6 heteroatoms. The van der Waals surface area contributed by atoms with Crippen molar-refractivity contribution >= 4 is 5.91 Å². The highest BCUT2D eigenvalue weighted by Gasteiger charge is 2.33. The molecule has 0 saturated carbocycles. The number of hydrogen-bond acceptors (Lipinski definition) is 4. The predicted octanol–water partition coefficient (Wildman–Crippen LogP) is -0.658. The molecule has 1 aliphatic heterocycles. The van der Waals surface area contributed by atoms with Gasteiger partial charge in [-0.25, -0.2) is 0 Å². The molecule has 1 aromatic rings. The van der Waals surface area contributed by atoms with Crippen LogP contribution in [0.3, 0.4) is 0 Å². The maximum Gasteiger partial charge on any atom is 0.229 e. The third-order valence-electron chi connectivity index (χ3n) is 2.79. The number of hydrogen-bond donors (Lipinski definition) is 2. The van der Waals surface area contributed by atoms with E-state index in [0.717, 1.165) is 5.56 Å². The van der Waals surface area contributed by atoms with Crippen molar-refractivity contribution < 1.29 is 9.53 Å². The normalized spacial score (nSPS) is 24.6. The van der Waals surface area contributed by atoms with Crippen molar-refractivity contribution in [3.05, 3.63) is 18.0 Å². The number of nitrogens with zero attached hydrogens (tertiary/aromatic N) is 2. The fourth-order valence-electron chi connectivity index (χ4n) is 1.82.